The molecule has 3 N–H and O–H groups in total. The molecule has 1 aliphatic rings. The lowest BCUT2D eigenvalue weighted by Crippen LogP contribution is -2.19. The van der Waals surface area contributed by atoms with Gasteiger partial charge in [-0.05, 0) is 42.2 Å². The number of fused-ring (bicyclic) bond motifs is 1. The van der Waals surface area contributed by atoms with E-state index in [4.69, 9.17) is 5.73 Å². The number of nitrogen functional groups attached to an aromatic ring is 1. The maximum Gasteiger partial charge on any atom is 0.243 e. The quantitative estimate of drug-likeness (QED) is 0.385. The first kappa shape index (κ1) is 23.7. The molecule has 1 aliphatic heterocycles. The van der Waals surface area contributed by atoms with Gasteiger partial charge in [-0.15, -0.1) is 0 Å². The molecule has 3 aromatic heterocycles. The van der Waals surface area contributed by atoms with Crippen LogP contribution in [0.3, 0.4) is 0 Å². The smallest absolute Gasteiger partial charge is 0.243 e. The first-order chi connectivity index (χ1) is 17.4. The molecule has 10 heteroatoms. The molecule has 36 heavy (non-hydrogen) atoms. The molecule has 0 atom stereocenters. The molecular weight excluding hydrogens is 474 g/mol. The van der Waals surface area contributed by atoms with Crippen LogP contribution in [0.2, 0.25) is 0 Å². The van der Waals surface area contributed by atoms with Gasteiger partial charge in [0.1, 0.15) is 17.8 Å². The summed E-state index contributed by atoms with van der Waals surface area (Å²) in [5.41, 5.74) is 11.5. The van der Waals surface area contributed by atoms with E-state index >= 15 is 0 Å². The summed E-state index contributed by atoms with van der Waals surface area (Å²) >= 11 is 0. The average molecular weight is 502 g/mol. The molecular formula is C26H27N7O2S. The van der Waals surface area contributed by atoms with Crippen LogP contribution in [0, 0.1) is 0 Å². The topological polar surface area (TPSA) is 128 Å². The van der Waals surface area contributed by atoms with E-state index in [0.29, 0.717) is 35.3 Å². The number of nitrogens with zero attached hydrogens (tertiary/aromatic N) is 5. The van der Waals surface area contributed by atoms with Crippen LogP contribution in [-0.4, -0.2) is 41.1 Å². The highest BCUT2D eigenvalue weighted by atomic mass is 32.2. The van der Waals surface area contributed by atoms with Crippen molar-refractivity contribution < 1.29 is 9.00 Å². The number of pyridine rings is 1. The Morgan fingerprint density at radius 3 is 2.53 bits per heavy atom. The average Bonchev–Trinajstić information content (AvgIpc) is 3.45. The summed E-state index contributed by atoms with van der Waals surface area (Å²) in [6, 6.07) is 11.7. The number of aryl methyl sites for hydroxylation is 1. The molecule has 1 amide bonds. The number of hydrogen-bond acceptors (Lipinski definition) is 7. The molecule has 0 radical (unpaired) electrons. The van der Waals surface area contributed by atoms with Crippen molar-refractivity contribution in [2.24, 2.45) is 11.4 Å². The Bertz CT molecular complexity index is 1570. The van der Waals surface area contributed by atoms with Crippen molar-refractivity contribution in [2.45, 2.75) is 19.4 Å². The second-order valence-corrected chi connectivity index (χ2v) is 11.3. The van der Waals surface area contributed by atoms with Crippen LogP contribution < -0.4 is 11.1 Å². The molecule has 184 valence electrons. The minimum Gasteiger partial charge on any atom is -0.383 e. The Labute approximate surface area is 209 Å². The third-order valence-electron chi connectivity index (χ3n) is 6.35. The van der Waals surface area contributed by atoms with E-state index < -0.39 is 9.73 Å². The van der Waals surface area contributed by atoms with E-state index in [1.807, 2.05) is 41.9 Å². The number of carbonyl (C=O) groups is 1. The highest BCUT2D eigenvalue weighted by molar-refractivity contribution is 7.93. The van der Waals surface area contributed by atoms with Crippen molar-refractivity contribution in [1.29, 1.82) is 0 Å². The zero-order valence-corrected chi connectivity index (χ0v) is 20.8. The zero-order chi connectivity index (χ0) is 25.3. The van der Waals surface area contributed by atoms with Crippen molar-refractivity contribution in [3.63, 3.8) is 0 Å². The Kier molecular flexibility index (Phi) is 6.27. The molecule has 0 unspecified atom stereocenters. The van der Waals surface area contributed by atoms with Gasteiger partial charge < -0.3 is 15.6 Å². The Morgan fingerprint density at radius 1 is 1.14 bits per heavy atom. The molecule has 0 spiro atoms. The lowest BCUT2D eigenvalue weighted by Gasteiger charge is -2.10. The maximum atomic E-state index is 12.8. The number of benzene rings is 1. The summed E-state index contributed by atoms with van der Waals surface area (Å²) in [6.45, 7) is 3.88. The lowest BCUT2D eigenvalue weighted by atomic mass is 9.99. The van der Waals surface area contributed by atoms with Gasteiger partial charge in [0, 0.05) is 42.4 Å². The first-order valence-electron chi connectivity index (χ1n) is 11.7. The Hall–Kier alpha value is -4.05. The maximum absolute atomic E-state index is 12.8. The van der Waals surface area contributed by atoms with Crippen molar-refractivity contribution in [2.75, 3.05) is 17.2 Å². The first-order valence-corrected chi connectivity index (χ1v) is 13.5. The summed E-state index contributed by atoms with van der Waals surface area (Å²) in [4.78, 5) is 24.7. The predicted molar refractivity (Wildman–Crippen MR) is 143 cm³/mol. The molecule has 1 aromatic carbocycles. The number of carbonyl (C=O) groups excluding carboxylic acids is 1. The van der Waals surface area contributed by atoms with Gasteiger partial charge in [0.25, 0.3) is 0 Å². The van der Waals surface area contributed by atoms with Gasteiger partial charge >= 0.3 is 0 Å². The monoisotopic (exact) mass is 501 g/mol. The van der Waals surface area contributed by atoms with E-state index in [9.17, 15) is 9.00 Å². The fourth-order valence-electron chi connectivity index (χ4n) is 4.54. The summed E-state index contributed by atoms with van der Waals surface area (Å²) in [7, 11) is -0.264. The van der Waals surface area contributed by atoms with Crippen LogP contribution in [0.5, 0.6) is 0 Å². The Morgan fingerprint density at radius 2 is 1.86 bits per heavy atom. The molecule has 9 nitrogen and oxygen atoms in total. The molecule has 5 rings (SSSR count). The number of aromatic nitrogens is 4. The molecule has 0 bridgehead atoms. The largest absolute Gasteiger partial charge is 0.383 e. The highest BCUT2D eigenvalue weighted by Crippen LogP contribution is 2.41. The van der Waals surface area contributed by atoms with E-state index in [1.54, 1.807) is 12.3 Å². The van der Waals surface area contributed by atoms with E-state index in [1.165, 1.54) is 12.4 Å². The summed E-state index contributed by atoms with van der Waals surface area (Å²) in [5.74, 6) is 1.89. The van der Waals surface area contributed by atoms with Gasteiger partial charge in [0.15, 0.2) is 5.82 Å². The second-order valence-electron chi connectivity index (χ2n) is 8.74. The van der Waals surface area contributed by atoms with E-state index in [-0.39, 0.29) is 5.91 Å². The van der Waals surface area contributed by atoms with Gasteiger partial charge in [0.2, 0.25) is 5.91 Å². The number of nitrogens with one attached hydrogen (secondary N) is 1. The van der Waals surface area contributed by atoms with Gasteiger partial charge in [-0.2, -0.15) is 4.36 Å². The standard InChI is InChI=1S/C26H27N7O2S/c1-3-21(34)29-14-17-6-8-18(9-7-17)24-22(23-25(27)30-16-31-26(23)33(24)2)19-10-11-20(28-15-19)32-36(35)12-4-5-13-36/h3,6-11,15-16H,1,4-5,12-14H2,2H3,(H,29,34)(H2,27,30,31). The summed E-state index contributed by atoms with van der Waals surface area (Å²) in [5, 5.41) is 3.53. The molecule has 0 aliphatic carbocycles. The van der Waals surface area contributed by atoms with Crippen molar-refractivity contribution in [3.05, 3.63) is 67.1 Å². The van der Waals surface area contributed by atoms with Crippen LogP contribution in [0.15, 0.2) is 65.9 Å². The lowest BCUT2D eigenvalue weighted by molar-refractivity contribution is -0.116. The Balaban J connectivity index is 1.59. The molecule has 4 heterocycles. The molecule has 1 fully saturated rings. The van der Waals surface area contributed by atoms with Crippen molar-refractivity contribution >= 4 is 38.3 Å². The van der Waals surface area contributed by atoms with Crippen LogP contribution >= 0.6 is 0 Å². The van der Waals surface area contributed by atoms with Gasteiger partial charge in [0.05, 0.1) is 20.8 Å². The number of hydrogen-bond donors (Lipinski definition) is 2. The minimum atomic E-state index is -2.20. The fraction of sp³-hybridized carbons (Fsp3) is 0.231. The van der Waals surface area contributed by atoms with Crippen LogP contribution in [-0.2, 0) is 28.1 Å². The van der Waals surface area contributed by atoms with Gasteiger partial charge in [-0.25, -0.2) is 19.2 Å². The van der Waals surface area contributed by atoms with E-state index in [0.717, 1.165) is 46.2 Å². The fourth-order valence-corrected chi connectivity index (χ4v) is 6.69. The number of amides is 1. The van der Waals surface area contributed by atoms with Gasteiger partial charge in [-0.3, -0.25) is 4.79 Å². The zero-order valence-electron chi connectivity index (χ0n) is 20.0. The van der Waals surface area contributed by atoms with Crippen LogP contribution in [0.1, 0.15) is 18.4 Å². The van der Waals surface area contributed by atoms with Gasteiger partial charge in [-0.1, -0.05) is 30.8 Å². The number of rotatable bonds is 6. The summed E-state index contributed by atoms with van der Waals surface area (Å²) < 4.78 is 19.3. The molecule has 0 saturated carbocycles. The third-order valence-corrected chi connectivity index (χ3v) is 8.72. The predicted octanol–water partition coefficient (Wildman–Crippen LogP) is 3.98. The van der Waals surface area contributed by atoms with Crippen molar-refractivity contribution in [3.8, 4) is 22.4 Å². The third kappa shape index (κ3) is 4.47. The molecule has 1 saturated heterocycles. The second kappa shape index (κ2) is 9.54. The van der Waals surface area contributed by atoms with Crippen molar-refractivity contribution in [1.82, 2.24) is 24.8 Å². The SMILES string of the molecule is C=CC(=O)NCc1ccc(-c2c(-c3ccc(N=S4(=O)CCCC4)nc3)c3c(N)ncnc3n2C)cc1. The van der Waals surface area contributed by atoms with Crippen LogP contribution in [0.4, 0.5) is 11.6 Å². The minimum absolute atomic E-state index is 0.218. The number of anilines is 1. The highest BCUT2D eigenvalue weighted by Gasteiger charge is 2.22. The normalized spacial score (nSPS) is 14.6. The van der Waals surface area contributed by atoms with Crippen LogP contribution in [0.25, 0.3) is 33.4 Å². The summed E-state index contributed by atoms with van der Waals surface area (Å²) in [6.07, 6.45) is 6.33. The van der Waals surface area contributed by atoms with E-state index in [2.05, 4.69) is 31.2 Å². The number of nitrogens with two attached hydrogens (primary N) is 1. The molecule has 4 aromatic rings.